The Morgan fingerprint density at radius 2 is 1.96 bits per heavy atom. The number of amides is 1. The van der Waals surface area contributed by atoms with Crippen molar-refractivity contribution in [1.82, 2.24) is 9.80 Å². The maximum atomic E-state index is 12.5. The topological polar surface area (TPSA) is 53.0 Å². The van der Waals surface area contributed by atoms with Crippen LogP contribution in [0.1, 0.15) is 12.0 Å². The van der Waals surface area contributed by atoms with Crippen molar-refractivity contribution in [3.63, 3.8) is 0 Å². The number of nitrogens with zero attached hydrogens (tertiary/aromatic N) is 2. The van der Waals surface area contributed by atoms with Gasteiger partial charge in [0.05, 0.1) is 19.3 Å². The molecule has 0 spiro atoms. The van der Waals surface area contributed by atoms with Crippen molar-refractivity contribution in [2.45, 2.75) is 18.9 Å². The summed E-state index contributed by atoms with van der Waals surface area (Å²) >= 11 is 0. The van der Waals surface area contributed by atoms with E-state index in [0.717, 1.165) is 39.3 Å². The van der Waals surface area contributed by atoms with Gasteiger partial charge in [-0.15, -0.1) is 0 Å². The van der Waals surface area contributed by atoms with Crippen LogP contribution < -0.4 is 0 Å². The highest BCUT2D eigenvalue weighted by Crippen LogP contribution is 2.21. The molecule has 2 atom stereocenters. The lowest BCUT2D eigenvalue weighted by atomic mass is 9.88. The molecule has 3 rings (SSSR count). The summed E-state index contributed by atoms with van der Waals surface area (Å²) in [7, 11) is 0. The van der Waals surface area contributed by atoms with E-state index in [2.05, 4.69) is 17.0 Å². The predicted molar refractivity (Wildman–Crippen MR) is 97.2 cm³/mol. The fraction of sp³-hybridized carbons (Fsp3) is 0.550. The minimum absolute atomic E-state index is 0.0539. The van der Waals surface area contributed by atoms with E-state index < -0.39 is 0 Å². The molecule has 0 unspecified atom stereocenters. The molecule has 0 bridgehead atoms. The summed E-state index contributed by atoms with van der Waals surface area (Å²) in [5.41, 5.74) is 1.21. The summed E-state index contributed by atoms with van der Waals surface area (Å²) in [6.45, 7) is 5.43. The number of hydrogen-bond acceptors (Lipinski definition) is 4. The molecule has 0 aromatic heterocycles. The van der Waals surface area contributed by atoms with Gasteiger partial charge in [-0.3, -0.25) is 9.69 Å². The number of piperidine rings is 1. The summed E-state index contributed by atoms with van der Waals surface area (Å²) in [6, 6.07) is 10.2. The molecule has 0 saturated carbocycles. The SMILES string of the molecule is O=C(C=CCN1CCOCC1)N1CC[C@@H](O)[C@H](Cc2ccccc2)C1. The van der Waals surface area contributed by atoms with Crippen LogP contribution in [0.3, 0.4) is 0 Å². The van der Waals surface area contributed by atoms with Gasteiger partial charge in [-0.05, 0) is 18.4 Å². The fourth-order valence-corrected chi connectivity index (χ4v) is 3.53. The van der Waals surface area contributed by atoms with E-state index in [1.54, 1.807) is 6.08 Å². The molecule has 1 aromatic rings. The fourth-order valence-electron chi connectivity index (χ4n) is 3.53. The molecular formula is C20H28N2O3. The Hall–Kier alpha value is -1.69. The zero-order chi connectivity index (χ0) is 17.5. The maximum Gasteiger partial charge on any atom is 0.246 e. The Bertz CT molecular complexity index is 570. The first-order chi connectivity index (χ1) is 12.2. The second-order valence-corrected chi connectivity index (χ2v) is 6.91. The third kappa shape index (κ3) is 5.39. The van der Waals surface area contributed by atoms with Crippen molar-refractivity contribution in [2.75, 3.05) is 45.9 Å². The molecule has 2 heterocycles. The van der Waals surface area contributed by atoms with Crippen LogP contribution in [0.25, 0.3) is 0 Å². The Labute approximate surface area is 149 Å². The van der Waals surface area contributed by atoms with Crippen molar-refractivity contribution >= 4 is 5.91 Å². The van der Waals surface area contributed by atoms with Crippen LogP contribution >= 0.6 is 0 Å². The lowest BCUT2D eigenvalue weighted by molar-refractivity contribution is -0.129. The van der Waals surface area contributed by atoms with E-state index in [9.17, 15) is 9.90 Å². The van der Waals surface area contributed by atoms with Gasteiger partial charge in [0.25, 0.3) is 0 Å². The van der Waals surface area contributed by atoms with E-state index in [1.165, 1.54) is 5.56 Å². The zero-order valence-corrected chi connectivity index (χ0v) is 14.7. The third-order valence-electron chi connectivity index (χ3n) is 5.07. The first-order valence-electron chi connectivity index (χ1n) is 9.20. The summed E-state index contributed by atoms with van der Waals surface area (Å²) < 4.78 is 5.33. The van der Waals surface area contributed by atoms with Crippen LogP contribution in [-0.4, -0.2) is 72.9 Å². The van der Waals surface area contributed by atoms with Gasteiger partial charge in [0.2, 0.25) is 5.91 Å². The van der Waals surface area contributed by atoms with Crippen LogP contribution in [0, 0.1) is 5.92 Å². The minimum atomic E-state index is -0.332. The summed E-state index contributed by atoms with van der Waals surface area (Å²) in [5, 5.41) is 10.3. The van der Waals surface area contributed by atoms with E-state index in [1.807, 2.05) is 29.2 Å². The van der Waals surface area contributed by atoms with Crippen LogP contribution in [0.15, 0.2) is 42.5 Å². The second-order valence-electron chi connectivity index (χ2n) is 6.91. The van der Waals surface area contributed by atoms with Crippen molar-refractivity contribution in [2.24, 2.45) is 5.92 Å². The van der Waals surface area contributed by atoms with E-state index in [-0.39, 0.29) is 17.9 Å². The van der Waals surface area contributed by atoms with Crippen LogP contribution in [0.4, 0.5) is 0 Å². The van der Waals surface area contributed by atoms with Crippen LogP contribution in [0.5, 0.6) is 0 Å². The molecule has 1 aromatic carbocycles. The van der Waals surface area contributed by atoms with Gasteiger partial charge >= 0.3 is 0 Å². The Morgan fingerprint density at radius 3 is 2.72 bits per heavy atom. The summed E-state index contributed by atoms with van der Waals surface area (Å²) in [6.07, 6.45) is 4.77. The first-order valence-corrected chi connectivity index (χ1v) is 9.20. The van der Waals surface area contributed by atoms with Gasteiger partial charge < -0.3 is 14.7 Å². The van der Waals surface area contributed by atoms with Gasteiger partial charge in [0.1, 0.15) is 0 Å². The maximum absolute atomic E-state index is 12.5. The van der Waals surface area contributed by atoms with Gasteiger partial charge in [0, 0.05) is 44.7 Å². The molecule has 2 fully saturated rings. The van der Waals surface area contributed by atoms with Gasteiger partial charge in [0.15, 0.2) is 0 Å². The van der Waals surface area contributed by atoms with E-state index in [4.69, 9.17) is 4.74 Å². The summed E-state index contributed by atoms with van der Waals surface area (Å²) in [4.78, 5) is 16.6. The van der Waals surface area contributed by atoms with Crippen LogP contribution in [0.2, 0.25) is 0 Å². The standard InChI is InChI=1S/C20H28N2O3/c23-19-8-10-22(16-18(19)15-17-5-2-1-3-6-17)20(24)7-4-9-21-11-13-25-14-12-21/h1-7,18-19,23H,8-16H2/t18-,19-/m1/s1. The van der Waals surface area contributed by atoms with Gasteiger partial charge in [-0.1, -0.05) is 36.4 Å². The molecule has 0 aliphatic carbocycles. The number of aliphatic hydroxyl groups is 1. The number of carbonyl (C=O) groups is 1. The van der Waals surface area contributed by atoms with Gasteiger partial charge in [-0.2, -0.15) is 0 Å². The number of benzene rings is 1. The Morgan fingerprint density at radius 1 is 1.20 bits per heavy atom. The second kappa shape index (κ2) is 9.13. The Balaban J connectivity index is 1.50. The molecule has 5 nitrogen and oxygen atoms in total. The molecule has 2 aliphatic rings. The predicted octanol–water partition coefficient (Wildman–Crippen LogP) is 1.33. The average molecular weight is 344 g/mol. The lowest BCUT2D eigenvalue weighted by Gasteiger charge is -2.36. The molecule has 0 radical (unpaired) electrons. The van der Waals surface area contributed by atoms with Crippen molar-refractivity contribution in [3.8, 4) is 0 Å². The third-order valence-corrected chi connectivity index (χ3v) is 5.07. The highest BCUT2D eigenvalue weighted by molar-refractivity contribution is 5.87. The quantitative estimate of drug-likeness (QED) is 0.819. The molecule has 1 amide bonds. The number of ether oxygens (including phenoxy) is 1. The zero-order valence-electron chi connectivity index (χ0n) is 14.7. The largest absolute Gasteiger partial charge is 0.393 e. The number of morpholine rings is 1. The van der Waals surface area contributed by atoms with E-state index >= 15 is 0 Å². The number of carbonyl (C=O) groups excluding carboxylic acids is 1. The number of rotatable bonds is 5. The highest BCUT2D eigenvalue weighted by atomic mass is 16.5. The lowest BCUT2D eigenvalue weighted by Crippen LogP contribution is -2.46. The van der Waals surface area contributed by atoms with Crippen molar-refractivity contribution < 1.29 is 14.6 Å². The molecule has 5 heteroatoms. The van der Waals surface area contributed by atoms with E-state index in [0.29, 0.717) is 19.5 Å². The van der Waals surface area contributed by atoms with Crippen LogP contribution in [-0.2, 0) is 16.0 Å². The molecular weight excluding hydrogens is 316 g/mol. The number of likely N-dealkylation sites (tertiary alicyclic amines) is 1. The molecule has 2 aliphatic heterocycles. The minimum Gasteiger partial charge on any atom is -0.393 e. The number of hydrogen-bond donors (Lipinski definition) is 1. The number of aliphatic hydroxyl groups excluding tert-OH is 1. The Kier molecular flexibility index (Phi) is 6.62. The molecule has 2 saturated heterocycles. The first kappa shape index (κ1) is 18.1. The average Bonchev–Trinajstić information content (AvgIpc) is 2.65. The highest BCUT2D eigenvalue weighted by Gasteiger charge is 2.29. The molecule has 25 heavy (non-hydrogen) atoms. The normalized spacial score (nSPS) is 25.4. The molecule has 1 N–H and O–H groups in total. The monoisotopic (exact) mass is 344 g/mol. The molecule has 136 valence electrons. The van der Waals surface area contributed by atoms with Gasteiger partial charge in [-0.25, -0.2) is 0 Å². The smallest absolute Gasteiger partial charge is 0.246 e. The summed E-state index contributed by atoms with van der Waals surface area (Å²) in [5.74, 6) is 0.158. The van der Waals surface area contributed by atoms with Crippen molar-refractivity contribution in [1.29, 1.82) is 0 Å². The van der Waals surface area contributed by atoms with Crippen molar-refractivity contribution in [3.05, 3.63) is 48.0 Å².